The van der Waals surface area contributed by atoms with Gasteiger partial charge in [-0.1, -0.05) is 12.1 Å². The largest absolute Gasteiger partial charge is 0.398 e. The Morgan fingerprint density at radius 3 is 2.78 bits per heavy atom. The Labute approximate surface area is 54.5 Å². The molecule has 0 bridgehead atoms. The summed E-state index contributed by atoms with van der Waals surface area (Å²) in [5.74, 6) is 0. The first-order chi connectivity index (χ1) is 4.34. The molecule has 9 heavy (non-hydrogen) atoms. The lowest BCUT2D eigenvalue weighted by molar-refractivity contribution is 1.07. The molecule has 1 aromatic carbocycles. The molecule has 0 saturated heterocycles. The minimum absolute atomic E-state index is 0.501. The van der Waals surface area contributed by atoms with Crippen LogP contribution in [-0.4, -0.2) is 0 Å². The van der Waals surface area contributed by atoms with E-state index >= 15 is 0 Å². The molecule has 1 rings (SSSR count). The Kier molecular flexibility index (Phi) is 1.70. The van der Waals surface area contributed by atoms with E-state index in [4.69, 9.17) is 11.5 Å². The third kappa shape index (κ3) is 1.21. The van der Waals surface area contributed by atoms with Gasteiger partial charge in [-0.25, -0.2) is 0 Å². The predicted molar refractivity (Wildman–Crippen MR) is 37.6 cm³/mol. The Balaban J connectivity index is 3.01. The van der Waals surface area contributed by atoms with Crippen LogP contribution < -0.4 is 11.5 Å². The monoisotopic (exact) mass is 121 g/mol. The second-order valence-electron chi connectivity index (χ2n) is 1.83. The number of hydrogen-bond acceptors (Lipinski definition) is 2. The standard InChI is InChI=1S/C7H9N2/c8-5-6-3-1-2-4-7(6)9/h1,3-4H,5,8-9H2. The number of anilines is 1. The van der Waals surface area contributed by atoms with Crippen molar-refractivity contribution >= 4 is 5.69 Å². The summed E-state index contributed by atoms with van der Waals surface area (Å²) in [4.78, 5) is 0. The van der Waals surface area contributed by atoms with Crippen molar-refractivity contribution in [2.75, 3.05) is 5.73 Å². The van der Waals surface area contributed by atoms with E-state index in [0.717, 1.165) is 11.3 Å². The van der Waals surface area contributed by atoms with Gasteiger partial charge in [-0.2, -0.15) is 0 Å². The number of nitrogen functional groups attached to an aromatic ring is 1. The Hall–Kier alpha value is -1.02. The van der Waals surface area contributed by atoms with E-state index in [0.29, 0.717) is 6.54 Å². The van der Waals surface area contributed by atoms with Crippen LogP contribution in [0.2, 0.25) is 0 Å². The predicted octanol–water partition coefficient (Wildman–Crippen LogP) is 0.528. The van der Waals surface area contributed by atoms with Crippen molar-refractivity contribution in [3.05, 3.63) is 29.8 Å². The third-order valence-electron chi connectivity index (χ3n) is 1.21. The first kappa shape index (κ1) is 6.11. The average Bonchev–Trinajstić information content (AvgIpc) is 1.89. The minimum atomic E-state index is 0.501. The fourth-order valence-corrected chi connectivity index (χ4v) is 0.661. The highest BCUT2D eigenvalue weighted by Crippen LogP contribution is 2.07. The molecule has 4 N–H and O–H groups in total. The van der Waals surface area contributed by atoms with Gasteiger partial charge in [0.2, 0.25) is 0 Å². The molecule has 0 aliphatic rings. The van der Waals surface area contributed by atoms with Crippen molar-refractivity contribution in [1.82, 2.24) is 0 Å². The molecule has 0 amide bonds. The van der Waals surface area contributed by atoms with Crippen LogP contribution >= 0.6 is 0 Å². The van der Waals surface area contributed by atoms with Crippen LogP contribution in [0.3, 0.4) is 0 Å². The number of hydrogen-bond donors (Lipinski definition) is 2. The van der Waals surface area contributed by atoms with Crippen LogP contribution in [0.1, 0.15) is 5.56 Å². The van der Waals surface area contributed by atoms with E-state index in [1.807, 2.05) is 6.07 Å². The molecule has 0 unspecified atom stereocenters. The minimum Gasteiger partial charge on any atom is -0.398 e. The van der Waals surface area contributed by atoms with E-state index < -0.39 is 0 Å². The molecule has 0 heterocycles. The molecule has 0 fully saturated rings. The van der Waals surface area contributed by atoms with Crippen molar-refractivity contribution in [3.63, 3.8) is 0 Å². The van der Waals surface area contributed by atoms with Crippen LogP contribution in [0.15, 0.2) is 18.2 Å². The average molecular weight is 121 g/mol. The second kappa shape index (κ2) is 2.51. The van der Waals surface area contributed by atoms with Gasteiger partial charge in [-0.3, -0.25) is 0 Å². The second-order valence-corrected chi connectivity index (χ2v) is 1.83. The van der Waals surface area contributed by atoms with Gasteiger partial charge in [0.25, 0.3) is 0 Å². The van der Waals surface area contributed by atoms with Crippen molar-refractivity contribution in [3.8, 4) is 0 Å². The van der Waals surface area contributed by atoms with Gasteiger partial charge in [-0.15, -0.1) is 0 Å². The zero-order valence-corrected chi connectivity index (χ0v) is 5.09. The molecule has 47 valence electrons. The maximum atomic E-state index is 5.52. The van der Waals surface area contributed by atoms with Crippen molar-refractivity contribution in [1.29, 1.82) is 0 Å². The molecule has 0 aliphatic heterocycles. The van der Waals surface area contributed by atoms with Gasteiger partial charge in [0.15, 0.2) is 0 Å². The van der Waals surface area contributed by atoms with Crippen LogP contribution in [-0.2, 0) is 6.54 Å². The smallest absolute Gasteiger partial charge is 0.0365 e. The van der Waals surface area contributed by atoms with Gasteiger partial charge in [0.1, 0.15) is 0 Å². The summed E-state index contributed by atoms with van der Waals surface area (Å²) in [6.45, 7) is 0.501. The molecule has 2 nitrogen and oxygen atoms in total. The summed E-state index contributed by atoms with van der Waals surface area (Å²) >= 11 is 0. The molecule has 0 aliphatic carbocycles. The molecule has 0 aromatic heterocycles. The lowest BCUT2D eigenvalue weighted by Crippen LogP contribution is -2.00. The molecular formula is C7H9N2. The summed E-state index contributed by atoms with van der Waals surface area (Å²) in [6.07, 6.45) is 0. The van der Waals surface area contributed by atoms with E-state index in [-0.39, 0.29) is 0 Å². The number of nitrogens with two attached hydrogens (primary N) is 2. The summed E-state index contributed by atoms with van der Waals surface area (Å²) < 4.78 is 0. The lowest BCUT2D eigenvalue weighted by Gasteiger charge is -1.98. The normalized spacial score (nSPS) is 9.44. The zero-order chi connectivity index (χ0) is 6.69. The number of rotatable bonds is 1. The maximum absolute atomic E-state index is 5.52. The van der Waals surface area contributed by atoms with Crippen LogP contribution in [0.5, 0.6) is 0 Å². The van der Waals surface area contributed by atoms with Gasteiger partial charge in [-0.05, 0) is 17.7 Å². The Bertz CT molecular complexity index is 196. The molecule has 0 saturated carbocycles. The van der Waals surface area contributed by atoms with Crippen molar-refractivity contribution in [2.24, 2.45) is 5.73 Å². The van der Waals surface area contributed by atoms with Crippen LogP contribution in [0, 0.1) is 6.07 Å². The SMILES string of the molecule is NCc1cc[c]cc1N. The first-order valence-electron chi connectivity index (χ1n) is 2.79. The zero-order valence-electron chi connectivity index (χ0n) is 5.09. The molecule has 0 spiro atoms. The molecule has 0 atom stereocenters. The van der Waals surface area contributed by atoms with E-state index in [1.165, 1.54) is 0 Å². The number of benzene rings is 1. The molecule has 1 aromatic rings. The highest BCUT2D eigenvalue weighted by molar-refractivity contribution is 5.45. The highest BCUT2D eigenvalue weighted by Gasteiger charge is 1.90. The molecular weight excluding hydrogens is 112 g/mol. The third-order valence-corrected chi connectivity index (χ3v) is 1.21. The van der Waals surface area contributed by atoms with Crippen molar-refractivity contribution in [2.45, 2.75) is 6.54 Å². The summed E-state index contributed by atoms with van der Waals surface area (Å²) in [5, 5.41) is 0. The summed E-state index contributed by atoms with van der Waals surface area (Å²) in [6, 6.07) is 8.25. The quantitative estimate of drug-likeness (QED) is 0.532. The first-order valence-corrected chi connectivity index (χ1v) is 2.79. The fraction of sp³-hybridized carbons (Fsp3) is 0.143. The van der Waals surface area contributed by atoms with E-state index in [9.17, 15) is 0 Å². The van der Waals surface area contributed by atoms with Gasteiger partial charge in [0, 0.05) is 12.2 Å². The van der Waals surface area contributed by atoms with Crippen LogP contribution in [0.25, 0.3) is 0 Å². The van der Waals surface area contributed by atoms with Gasteiger partial charge < -0.3 is 11.5 Å². The van der Waals surface area contributed by atoms with Gasteiger partial charge in [0.05, 0.1) is 0 Å². The Morgan fingerprint density at radius 1 is 1.56 bits per heavy atom. The maximum Gasteiger partial charge on any atom is 0.0365 e. The fourth-order valence-electron chi connectivity index (χ4n) is 0.661. The van der Waals surface area contributed by atoms with E-state index in [1.54, 1.807) is 12.1 Å². The van der Waals surface area contributed by atoms with E-state index in [2.05, 4.69) is 6.07 Å². The molecule has 1 radical (unpaired) electrons. The summed E-state index contributed by atoms with van der Waals surface area (Å²) in [5.41, 5.74) is 12.6. The highest BCUT2D eigenvalue weighted by atomic mass is 14.6. The molecule has 2 heteroatoms. The van der Waals surface area contributed by atoms with Crippen molar-refractivity contribution < 1.29 is 0 Å². The Morgan fingerprint density at radius 2 is 2.33 bits per heavy atom. The topological polar surface area (TPSA) is 52.0 Å². The lowest BCUT2D eigenvalue weighted by atomic mass is 10.2. The summed E-state index contributed by atoms with van der Waals surface area (Å²) in [7, 11) is 0. The van der Waals surface area contributed by atoms with Gasteiger partial charge >= 0.3 is 0 Å². The van der Waals surface area contributed by atoms with Crippen LogP contribution in [0.4, 0.5) is 5.69 Å².